The molecule has 0 heterocycles. The standard InChI is InChI=1S/C10H20N2O2/c1-12(2)5-3-4-11-7-8-6-9(8)10(13)14/h8-9,11H,3-7H2,1-2H3,(H,13,14). The predicted molar refractivity (Wildman–Crippen MR) is 55.3 cm³/mol. The third-order valence-corrected chi connectivity index (χ3v) is 2.61. The Balaban J connectivity index is 1.89. The van der Waals surface area contributed by atoms with Gasteiger partial charge in [-0.25, -0.2) is 0 Å². The average molecular weight is 200 g/mol. The first-order valence-electron chi connectivity index (χ1n) is 5.19. The van der Waals surface area contributed by atoms with Crippen molar-refractivity contribution in [2.24, 2.45) is 11.8 Å². The Morgan fingerprint density at radius 3 is 2.79 bits per heavy atom. The molecule has 0 spiro atoms. The number of hydrogen-bond acceptors (Lipinski definition) is 3. The summed E-state index contributed by atoms with van der Waals surface area (Å²) in [5.74, 6) is -0.326. The van der Waals surface area contributed by atoms with Gasteiger partial charge in [0, 0.05) is 0 Å². The quantitative estimate of drug-likeness (QED) is 0.578. The zero-order valence-electron chi connectivity index (χ0n) is 8.99. The van der Waals surface area contributed by atoms with Crippen molar-refractivity contribution in [3.63, 3.8) is 0 Å². The number of nitrogens with one attached hydrogen (secondary N) is 1. The minimum atomic E-state index is -0.634. The molecule has 0 saturated heterocycles. The van der Waals surface area contributed by atoms with Gasteiger partial charge in [-0.05, 0) is 52.5 Å². The van der Waals surface area contributed by atoms with Crippen LogP contribution in [0.4, 0.5) is 0 Å². The Hall–Kier alpha value is -0.610. The lowest BCUT2D eigenvalue weighted by Crippen LogP contribution is -2.23. The molecule has 2 atom stereocenters. The molecule has 2 unspecified atom stereocenters. The number of carbonyl (C=O) groups is 1. The van der Waals surface area contributed by atoms with E-state index in [0.717, 1.165) is 32.5 Å². The van der Waals surface area contributed by atoms with Crippen LogP contribution in [-0.4, -0.2) is 49.7 Å². The zero-order valence-corrected chi connectivity index (χ0v) is 8.99. The van der Waals surface area contributed by atoms with Gasteiger partial charge in [-0.15, -0.1) is 0 Å². The highest BCUT2D eigenvalue weighted by Crippen LogP contribution is 2.37. The van der Waals surface area contributed by atoms with E-state index < -0.39 is 5.97 Å². The maximum absolute atomic E-state index is 10.5. The van der Waals surface area contributed by atoms with Gasteiger partial charge in [-0.3, -0.25) is 4.79 Å². The van der Waals surface area contributed by atoms with E-state index in [1.165, 1.54) is 0 Å². The van der Waals surface area contributed by atoms with Crippen molar-refractivity contribution in [3.05, 3.63) is 0 Å². The second-order valence-electron chi connectivity index (χ2n) is 4.30. The van der Waals surface area contributed by atoms with Gasteiger partial charge >= 0.3 is 5.97 Å². The Morgan fingerprint density at radius 2 is 2.29 bits per heavy atom. The molecular formula is C10H20N2O2. The molecule has 14 heavy (non-hydrogen) atoms. The van der Waals surface area contributed by atoms with Gasteiger partial charge in [-0.2, -0.15) is 0 Å². The molecule has 1 aliphatic carbocycles. The largest absolute Gasteiger partial charge is 0.481 e. The Bertz CT molecular complexity index is 195. The number of carboxylic acid groups (broad SMARTS) is 1. The minimum absolute atomic E-state index is 0.0728. The fourth-order valence-corrected chi connectivity index (χ4v) is 1.58. The van der Waals surface area contributed by atoms with E-state index in [4.69, 9.17) is 5.11 Å². The van der Waals surface area contributed by atoms with Crippen LogP contribution in [0.2, 0.25) is 0 Å². The second-order valence-corrected chi connectivity index (χ2v) is 4.30. The van der Waals surface area contributed by atoms with Crippen molar-refractivity contribution in [1.29, 1.82) is 0 Å². The van der Waals surface area contributed by atoms with E-state index >= 15 is 0 Å². The fraction of sp³-hybridized carbons (Fsp3) is 0.900. The summed E-state index contributed by atoms with van der Waals surface area (Å²) in [6.45, 7) is 2.94. The molecule has 0 radical (unpaired) electrons. The van der Waals surface area contributed by atoms with Crippen molar-refractivity contribution < 1.29 is 9.90 Å². The summed E-state index contributed by atoms with van der Waals surface area (Å²) in [5, 5.41) is 12.0. The van der Waals surface area contributed by atoms with Crippen LogP contribution in [-0.2, 0) is 4.79 Å². The van der Waals surface area contributed by atoms with Gasteiger partial charge in [-0.1, -0.05) is 0 Å². The smallest absolute Gasteiger partial charge is 0.306 e. The van der Waals surface area contributed by atoms with Crippen LogP contribution in [0.1, 0.15) is 12.8 Å². The molecule has 0 bridgehead atoms. The van der Waals surface area contributed by atoms with Crippen molar-refractivity contribution >= 4 is 5.97 Å². The van der Waals surface area contributed by atoms with Crippen LogP contribution in [0.25, 0.3) is 0 Å². The number of hydrogen-bond donors (Lipinski definition) is 2. The van der Waals surface area contributed by atoms with E-state index in [1.807, 2.05) is 0 Å². The fourth-order valence-electron chi connectivity index (χ4n) is 1.58. The molecule has 0 aromatic carbocycles. The molecular weight excluding hydrogens is 180 g/mol. The average Bonchev–Trinajstić information content (AvgIpc) is 2.82. The minimum Gasteiger partial charge on any atom is -0.481 e. The lowest BCUT2D eigenvalue weighted by atomic mass is 10.3. The molecule has 82 valence electrons. The SMILES string of the molecule is CN(C)CCCNCC1CC1C(=O)O. The first kappa shape index (κ1) is 11.5. The molecule has 1 rings (SSSR count). The normalized spacial score (nSPS) is 25.4. The molecule has 1 saturated carbocycles. The number of rotatable bonds is 7. The summed E-state index contributed by atoms with van der Waals surface area (Å²) in [4.78, 5) is 12.7. The van der Waals surface area contributed by atoms with Gasteiger partial charge in [0.2, 0.25) is 0 Å². The van der Waals surface area contributed by atoms with Gasteiger partial charge in [0.05, 0.1) is 5.92 Å². The Morgan fingerprint density at radius 1 is 1.57 bits per heavy atom. The van der Waals surface area contributed by atoms with Crippen LogP contribution in [0, 0.1) is 11.8 Å². The van der Waals surface area contributed by atoms with E-state index in [0.29, 0.717) is 5.92 Å². The first-order valence-corrected chi connectivity index (χ1v) is 5.19. The predicted octanol–water partition coefficient (Wildman–Crippen LogP) is 0.248. The summed E-state index contributed by atoms with van der Waals surface area (Å²) in [6.07, 6.45) is 1.98. The molecule has 0 aromatic heterocycles. The summed E-state index contributed by atoms with van der Waals surface area (Å²) in [6, 6.07) is 0. The zero-order chi connectivity index (χ0) is 10.6. The lowest BCUT2D eigenvalue weighted by Gasteiger charge is -2.09. The maximum Gasteiger partial charge on any atom is 0.306 e. The third-order valence-electron chi connectivity index (χ3n) is 2.61. The Kier molecular flexibility index (Phi) is 4.35. The number of aliphatic carboxylic acids is 1. The summed E-state index contributed by atoms with van der Waals surface area (Å²) >= 11 is 0. The molecule has 1 fully saturated rings. The highest BCUT2D eigenvalue weighted by atomic mass is 16.4. The van der Waals surface area contributed by atoms with Crippen molar-refractivity contribution in [1.82, 2.24) is 10.2 Å². The summed E-state index contributed by atoms with van der Waals surface area (Å²) in [5.41, 5.74) is 0. The van der Waals surface area contributed by atoms with Gasteiger partial charge in [0.25, 0.3) is 0 Å². The van der Waals surface area contributed by atoms with Gasteiger partial charge in [0.1, 0.15) is 0 Å². The van der Waals surface area contributed by atoms with Gasteiger partial charge < -0.3 is 15.3 Å². The molecule has 1 aliphatic rings. The van der Waals surface area contributed by atoms with Crippen LogP contribution >= 0.6 is 0 Å². The molecule has 4 heteroatoms. The second kappa shape index (κ2) is 5.32. The van der Waals surface area contributed by atoms with Crippen LogP contribution in [0.5, 0.6) is 0 Å². The van der Waals surface area contributed by atoms with Crippen LogP contribution in [0.3, 0.4) is 0 Å². The first-order chi connectivity index (χ1) is 6.61. The maximum atomic E-state index is 10.5. The molecule has 0 amide bonds. The van der Waals surface area contributed by atoms with Crippen LogP contribution in [0.15, 0.2) is 0 Å². The summed E-state index contributed by atoms with van der Waals surface area (Å²) in [7, 11) is 4.11. The molecule has 2 N–H and O–H groups in total. The van der Waals surface area contributed by atoms with Crippen molar-refractivity contribution in [2.75, 3.05) is 33.7 Å². The molecule has 4 nitrogen and oxygen atoms in total. The lowest BCUT2D eigenvalue weighted by molar-refractivity contribution is -0.138. The van der Waals surface area contributed by atoms with E-state index in [9.17, 15) is 4.79 Å². The van der Waals surface area contributed by atoms with E-state index in [-0.39, 0.29) is 5.92 Å². The van der Waals surface area contributed by atoms with Crippen molar-refractivity contribution in [2.45, 2.75) is 12.8 Å². The Labute approximate surface area is 85.3 Å². The topological polar surface area (TPSA) is 52.6 Å². The monoisotopic (exact) mass is 200 g/mol. The van der Waals surface area contributed by atoms with E-state index in [2.05, 4.69) is 24.3 Å². The summed E-state index contributed by atoms with van der Waals surface area (Å²) < 4.78 is 0. The molecule has 0 aromatic rings. The number of carboxylic acids is 1. The van der Waals surface area contributed by atoms with Gasteiger partial charge in [0.15, 0.2) is 0 Å². The van der Waals surface area contributed by atoms with E-state index in [1.54, 1.807) is 0 Å². The highest BCUT2D eigenvalue weighted by Gasteiger charge is 2.42. The van der Waals surface area contributed by atoms with Crippen molar-refractivity contribution in [3.8, 4) is 0 Å². The highest BCUT2D eigenvalue weighted by molar-refractivity contribution is 5.73. The third kappa shape index (κ3) is 4.07. The molecule has 0 aliphatic heterocycles. The van der Waals surface area contributed by atoms with Crippen LogP contribution < -0.4 is 5.32 Å². The number of nitrogens with zero attached hydrogens (tertiary/aromatic N) is 1.